The number of halogens is 2. The van der Waals surface area contributed by atoms with Crippen LogP contribution in [0.5, 0.6) is 17.2 Å². The molecule has 1 amide bonds. The van der Waals surface area contributed by atoms with Gasteiger partial charge in [-0.3, -0.25) is 4.79 Å². The lowest BCUT2D eigenvalue weighted by atomic mass is 10.1. The van der Waals surface area contributed by atoms with Crippen molar-refractivity contribution in [3.63, 3.8) is 0 Å². The van der Waals surface area contributed by atoms with Crippen molar-refractivity contribution < 1.29 is 37.3 Å². The van der Waals surface area contributed by atoms with Crippen LogP contribution in [-0.4, -0.2) is 37.7 Å². The van der Waals surface area contributed by atoms with Gasteiger partial charge in [-0.1, -0.05) is 17.7 Å². The zero-order valence-corrected chi connectivity index (χ0v) is 19.4. The van der Waals surface area contributed by atoms with Crippen molar-refractivity contribution in [3.8, 4) is 17.2 Å². The number of rotatable bonds is 10. The van der Waals surface area contributed by atoms with E-state index in [1.165, 1.54) is 18.4 Å². The number of esters is 1. The molecule has 34 heavy (non-hydrogen) atoms. The van der Waals surface area contributed by atoms with Gasteiger partial charge in [-0.05, 0) is 19.1 Å². The highest BCUT2D eigenvalue weighted by atomic mass is 32.1. The van der Waals surface area contributed by atoms with Crippen molar-refractivity contribution in [2.45, 2.75) is 26.6 Å². The fourth-order valence-corrected chi connectivity index (χ4v) is 3.63. The number of carbonyl (C=O) groups excluding carboxylic acids is 2. The van der Waals surface area contributed by atoms with Crippen LogP contribution in [0.15, 0.2) is 41.8 Å². The third-order valence-corrected chi connectivity index (χ3v) is 5.39. The van der Waals surface area contributed by atoms with Crippen molar-refractivity contribution in [1.82, 2.24) is 4.98 Å². The first-order chi connectivity index (χ1) is 16.3. The van der Waals surface area contributed by atoms with Gasteiger partial charge in [0.1, 0.15) is 17.4 Å². The number of ether oxygens (including phenoxy) is 4. The van der Waals surface area contributed by atoms with E-state index in [-0.39, 0.29) is 35.8 Å². The maximum absolute atomic E-state index is 12.8. The molecule has 0 aliphatic carbocycles. The Balaban J connectivity index is 1.70. The molecule has 0 radical (unpaired) electrons. The lowest BCUT2D eigenvalue weighted by Crippen LogP contribution is -2.18. The first-order valence-corrected chi connectivity index (χ1v) is 10.8. The van der Waals surface area contributed by atoms with Crippen LogP contribution in [0.2, 0.25) is 0 Å². The zero-order chi connectivity index (χ0) is 24.7. The largest absolute Gasteiger partial charge is 0.493 e. The standard InChI is InChI=1S/C23H22F2N2O6S/c1-13-4-6-15(7-5-13)32-11-21-26-14(12-34-21)8-20(28)27-17-10-19(33-23(24)25)18(30-2)9-16(17)22(29)31-3/h4-7,9-10,12,23H,8,11H2,1-3H3,(H,27,28). The second-order valence-electron chi connectivity index (χ2n) is 6.98. The normalized spacial score (nSPS) is 10.6. The van der Waals surface area contributed by atoms with Crippen LogP contribution >= 0.6 is 11.3 Å². The molecule has 0 saturated carbocycles. The lowest BCUT2D eigenvalue weighted by molar-refractivity contribution is -0.115. The van der Waals surface area contributed by atoms with Gasteiger partial charge in [0.25, 0.3) is 0 Å². The number of hydrogen-bond acceptors (Lipinski definition) is 8. The monoisotopic (exact) mass is 492 g/mol. The van der Waals surface area contributed by atoms with Crippen molar-refractivity contribution in [2.24, 2.45) is 0 Å². The third-order valence-electron chi connectivity index (χ3n) is 4.52. The number of nitrogens with one attached hydrogen (secondary N) is 1. The van der Waals surface area contributed by atoms with Gasteiger partial charge < -0.3 is 24.3 Å². The van der Waals surface area contributed by atoms with Crippen molar-refractivity contribution >= 4 is 28.9 Å². The SMILES string of the molecule is COC(=O)c1cc(OC)c(OC(F)F)cc1NC(=O)Cc1csc(COc2ccc(C)cc2)n1. The van der Waals surface area contributed by atoms with E-state index in [0.29, 0.717) is 16.5 Å². The van der Waals surface area contributed by atoms with E-state index in [9.17, 15) is 18.4 Å². The lowest BCUT2D eigenvalue weighted by Gasteiger charge is -2.15. The first kappa shape index (κ1) is 24.9. The van der Waals surface area contributed by atoms with Crippen LogP contribution in [-0.2, 0) is 22.6 Å². The molecule has 3 aromatic rings. The summed E-state index contributed by atoms with van der Waals surface area (Å²) in [5.41, 5.74) is 1.46. The van der Waals surface area contributed by atoms with Gasteiger partial charge in [0.2, 0.25) is 5.91 Å². The van der Waals surface area contributed by atoms with Gasteiger partial charge in [-0.25, -0.2) is 9.78 Å². The second kappa shape index (κ2) is 11.4. The Bertz CT molecular complexity index is 1150. The van der Waals surface area contributed by atoms with Crippen molar-refractivity contribution in [2.75, 3.05) is 19.5 Å². The maximum atomic E-state index is 12.8. The van der Waals surface area contributed by atoms with Crippen molar-refractivity contribution in [1.29, 1.82) is 0 Å². The molecule has 8 nitrogen and oxygen atoms in total. The van der Waals surface area contributed by atoms with Crippen LogP contribution in [0.25, 0.3) is 0 Å². The molecule has 180 valence electrons. The van der Waals surface area contributed by atoms with E-state index in [0.717, 1.165) is 24.8 Å². The predicted octanol–water partition coefficient (Wildman–Crippen LogP) is 4.61. The van der Waals surface area contributed by atoms with E-state index >= 15 is 0 Å². The smallest absolute Gasteiger partial charge is 0.387 e. The van der Waals surface area contributed by atoms with E-state index in [2.05, 4.69) is 15.0 Å². The number of hydrogen-bond donors (Lipinski definition) is 1. The summed E-state index contributed by atoms with van der Waals surface area (Å²) < 4.78 is 45.4. The molecule has 0 aliphatic heterocycles. The number of thiazole rings is 1. The topological polar surface area (TPSA) is 96.0 Å². The molecular formula is C23H22F2N2O6S. The summed E-state index contributed by atoms with van der Waals surface area (Å²) in [4.78, 5) is 29.1. The quantitative estimate of drug-likeness (QED) is 0.413. The maximum Gasteiger partial charge on any atom is 0.387 e. The number of carbonyl (C=O) groups is 2. The van der Waals surface area contributed by atoms with Crippen LogP contribution in [0, 0.1) is 6.92 Å². The molecule has 1 aromatic heterocycles. The number of methoxy groups -OCH3 is 2. The molecule has 2 aromatic carbocycles. The Kier molecular flexibility index (Phi) is 8.36. The number of aryl methyl sites for hydroxylation is 1. The van der Waals surface area contributed by atoms with Crippen LogP contribution in [0.4, 0.5) is 14.5 Å². The minimum Gasteiger partial charge on any atom is -0.493 e. The number of aromatic nitrogens is 1. The van der Waals surface area contributed by atoms with Gasteiger partial charge in [0.15, 0.2) is 11.5 Å². The molecule has 0 fully saturated rings. The first-order valence-electron chi connectivity index (χ1n) is 9.96. The predicted molar refractivity (Wildman–Crippen MR) is 121 cm³/mol. The highest BCUT2D eigenvalue weighted by Crippen LogP contribution is 2.35. The minimum atomic E-state index is -3.13. The Labute approximate surface area is 198 Å². The Hall–Kier alpha value is -3.73. The van der Waals surface area contributed by atoms with E-state index in [1.807, 2.05) is 31.2 Å². The van der Waals surface area contributed by atoms with Crippen LogP contribution < -0.4 is 19.5 Å². The molecule has 0 saturated heterocycles. The summed E-state index contributed by atoms with van der Waals surface area (Å²) in [7, 11) is 2.38. The van der Waals surface area contributed by atoms with Crippen LogP contribution in [0.1, 0.15) is 26.6 Å². The number of anilines is 1. The molecule has 0 atom stereocenters. The average molecular weight is 493 g/mol. The highest BCUT2D eigenvalue weighted by Gasteiger charge is 2.21. The van der Waals surface area contributed by atoms with Gasteiger partial charge in [0.05, 0.1) is 37.6 Å². The molecule has 0 unspecified atom stereocenters. The van der Waals surface area contributed by atoms with E-state index in [4.69, 9.17) is 14.2 Å². The Morgan fingerprint density at radius 2 is 1.85 bits per heavy atom. The second-order valence-corrected chi connectivity index (χ2v) is 7.92. The third kappa shape index (κ3) is 6.64. The van der Waals surface area contributed by atoms with Crippen molar-refractivity contribution in [3.05, 3.63) is 63.6 Å². The molecule has 0 spiro atoms. The van der Waals surface area contributed by atoms with Crippen LogP contribution in [0.3, 0.4) is 0 Å². The number of nitrogens with zero attached hydrogens (tertiary/aromatic N) is 1. The molecule has 3 rings (SSSR count). The average Bonchev–Trinajstić information content (AvgIpc) is 3.25. The summed E-state index contributed by atoms with van der Waals surface area (Å²) in [5.74, 6) is -1.06. The number of alkyl halides is 2. The Morgan fingerprint density at radius 3 is 2.50 bits per heavy atom. The summed E-state index contributed by atoms with van der Waals surface area (Å²) in [6.07, 6.45) is -0.112. The highest BCUT2D eigenvalue weighted by molar-refractivity contribution is 7.09. The Morgan fingerprint density at radius 1 is 1.12 bits per heavy atom. The number of benzene rings is 2. The molecule has 11 heteroatoms. The molecule has 1 heterocycles. The van der Waals surface area contributed by atoms with E-state index < -0.39 is 18.5 Å². The fraction of sp³-hybridized carbons (Fsp3) is 0.261. The van der Waals surface area contributed by atoms with E-state index in [1.54, 1.807) is 5.38 Å². The molecule has 0 bridgehead atoms. The zero-order valence-electron chi connectivity index (χ0n) is 18.6. The minimum absolute atomic E-state index is 0.0635. The summed E-state index contributed by atoms with van der Waals surface area (Å²) >= 11 is 1.34. The summed E-state index contributed by atoms with van der Waals surface area (Å²) in [5, 5.41) is 4.92. The molecule has 1 N–H and O–H groups in total. The van der Waals surface area contributed by atoms with Gasteiger partial charge >= 0.3 is 12.6 Å². The van der Waals surface area contributed by atoms with Gasteiger partial charge in [0, 0.05) is 17.5 Å². The summed E-state index contributed by atoms with van der Waals surface area (Å²) in [6, 6.07) is 9.83. The number of amides is 1. The van der Waals surface area contributed by atoms with Gasteiger partial charge in [-0.2, -0.15) is 8.78 Å². The molecular weight excluding hydrogens is 470 g/mol. The summed E-state index contributed by atoms with van der Waals surface area (Å²) in [6.45, 7) is -0.902. The van der Waals surface area contributed by atoms with Gasteiger partial charge in [-0.15, -0.1) is 11.3 Å². The fourth-order valence-electron chi connectivity index (χ4n) is 2.92. The molecule has 0 aliphatic rings.